The zero-order chi connectivity index (χ0) is 14.3. The number of allylic oxidation sites excluding steroid dienone is 4. The molecule has 1 nitrogen and oxygen atoms in total. The minimum Gasteiger partial charge on any atom is -0.253 e. The Morgan fingerprint density at radius 1 is 1.37 bits per heavy atom. The molecule has 0 saturated heterocycles. The molecule has 0 aromatic heterocycles. The van der Waals surface area contributed by atoms with E-state index in [2.05, 4.69) is 51.6 Å². The number of hydrogen-bond donors (Lipinski definition) is 0. The molecule has 0 aliphatic rings. The molecular formula is C18H23N. The Kier molecular flexibility index (Phi) is 6.01. The normalized spacial score (nSPS) is 13.6. The number of rotatable bonds is 5. The van der Waals surface area contributed by atoms with E-state index in [0.29, 0.717) is 0 Å². The summed E-state index contributed by atoms with van der Waals surface area (Å²) in [6.07, 6.45) is 6.89. The Morgan fingerprint density at radius 2 is 2.11 bits per heavy atom. The smallest absolute Gasteiger partial charge is 0.0661 e. The van der Waals surface area contributed by atoms with Gasteiger partial charge in [0.15, 0.2) is 0 Å². The molecule has 0 spiro atoms. The first-order valence-corrected chi connectivity index (χ1v) is 6.73. The average molecular weight is 253 g/mol. The third-order valence-corrected chi connectivity index (χ3v) is 3.00. The average Bonchev–Trinajstić information content (AvgIpc) is 2.40. The molecule has 100 valence electrons. The summed E-state index contributed by atoms with van der Waals surface area (Å²) in [5, 5.41) is 0. The largest absolute Gasteiger partial charge is 0.253 e. The molecule has 0 fully saturated rings. The predicted molar refractivity (Wildman–Crippen MR) is 85.7 cm³/mol. The maximum absolute atomic E-state index is 4.76. The van der Waals surface area contributed by atoms with E-state index in [9.17, 15) is 0 Å². The van der Waals surface area contributed by atoms with E-state index < -0.39 is 0 Å². The summed E-state index contributed by atoms with van der Waals surface area (Å²) in [7, 11) is 0. The molecule has 19 heavy (non-hydrogen) atoms. The number of aliphatic imine (C=N–C) groups is 1. The highest BCUT2D eigenvalue weighted by Crippen LogP contribution is 2.15. The first kappa shape index (κ1) is 15.2. The van der Waals surface area contributed by atoms with Crippen molar-refractivity contribution in [1.82, 2.24) is 0 Å². The van der Waals surface area contributed by atoms with Gasteiger partial charge in [-0.15, -0.1) is 0 Å². The van der Waals surface area contributed by atoms with Crippen molar-refractivity contribution in [3.05, 3.63) is 71.5 Å². The summed E-state index contributed by atoms with van der Waals surface area (Å²) in [6.45, 7) is 12.1. The third-order valence-electron chi connectivity index (χ3n) is 3.00. The Hall–Kier alpha value is -1.89. The van der Waals surface area contributed by atoms with Gasteiger partial charge in [-0.2, -0.15) is 0 Å². The lowest BCUT2D eigenvalue weighted by Crippen LogP contribution is -1.96. The molecule has 0 bridgehead atoms. The van der Waals surface area contributed by atoms with Gasteiger partial charge in [-0.1, -0.05) is 55.5 Å². The minimum atomic E-state index is 0.938. The molecule has 1 aromatic carbocycles. The van der Waals surface area contributed by atoms with Crippen LogP contribution in [0.3, 0.4) is 0 Å². The van der Waals surface area contributed by atoms with Crippen molar-refractivity contribution in [2.75, 3.05) is 0 Å². The van der Waals surface area contributed by atoms with Crippen molar-refractivity contribution in [2.24, 2.45) is 4.99 Å². The standard InChI is InChI=1S/C18H23N/c1-6-10-18(16(7-2)8-3)19-15(5)17-12-9-11-14(4)13-17/h6-7,9-13H,2,8H2,1,3-5H3/b10-6-,18-16-,19-15?. The number of hydrogen-bond acceptors (Lipinski definition) is 1. The van der Waals surface area contributed by atoms with Crippen LogP contribution in [-0.2, 0) is 0 Å². The van der Waals surface area contributed by atoms with Gasteiger partial charge in [0.2, 0.25) is 0 Å². The van der Waals surface area contributed by atoms with Gasteiger partial charge in [0.25, 0.3) is 0 Å². The summed E-state index contributed by atoms with van der Waals surface area (Å²) in [6, 6.07) is 8.42. The zero-order valence-electron chi connectivity index (χ0n) is 12.4. The lowest BCUT2D eigenvalue weighted by molar-refractivity contribution is 1.11. The van der Waals surface area contributed by atoms with Crippen LogP contribution in [0.25, 0.3) is 0 Å². The van der Waals surface area contributed by atoms with Crippen molar-refractivity contribution in [3.8, 4) is 0 Å². The van der Waals surface area contributed by atoms with E-state index in [4.69, 9.17) is 4.99 Å². The van der Waals surface area contributed by atoms with Crippen LogP contribution in [0.15, 0.2) is 65.3 Å². The molecule has 1 aromatic rings. The third kappa shape index (κ3) is 4.36. The summed E-state index contributed by atoms with van der Waals surface area (Å²) in [5.74, 6) is 0. The highest BCUT2D eigenvalue weighted by molar-refractivity contribution is 5.99. The van der Waals surface area contributed by atoms with Gasteiger partial charge in [-0.05, 0) is 44.4 Å². The van der Waals surface area contributed by atoms with Crippen LogP contribution in [-0.4, -0.2) is 5.71 Å². The van der Waals surface area contributed by atoms with Crippen molar-refractivity contribution < 1.29 is 0 Å². The van der Waals surface area contributed by atoms with E-state index in [1.165, 1.54) is 16.7 Å². The van der Waals surface area contributed by atoms with Crippen LogP contribution >= 0.6 is 0 Å². The van der Waals surface area contributed by atoms with Crippen LogP contribution in [0.2, 0.25) is 0 Å². The Morgan fingerprint density at radius 3 is 2.63 bits per heavy atom. The topological polar surface area (TPSA) is 12.4 Å². The van der Waals surface area contributed by atoms with Gasteiger partial charge in [0, 0.05) is 5.71 Å². The van der Waals surface area contributed by atoms with Crippen LogP contribution in [0.5, 0.6) is 0 Å². The van der Waals surface area contributed by atoms with E-state index in [-0.39, 0.29) is 0 Å². The molecule has 0 radical (unpaired) electrons. The lowest BCUT2D eigenvalue weighted by atomic mass is 10.1. The van der Waals surface area contributed by atoms with E-state index in [1.54, 1.807) is 0 Å². The second kappa shape index (κ2) is 7.52. The number of nitrogens with zero attached hydrogens (tertiary/aromatic N) is 1. The summed E-state index contributed by atoms with van der Waals surface area (Å²) < 4.78 is 0. The monoisotopic (exact) mass is 253 g/mol. The fourth-order valence-corrected chi connectivity index (χ4v) is 1.92. The quantitative estimate of drug-likeness (QED) is 0.503. The van der Waals surface area contributed by atoms with Gasteiger partial charge in [-0.3, -0.25) is 4.99 Å². The Bertz CT molecular complexity index is 530. The minimum absolute atomic E-state index is 0.938. The predicted octanol–water partition coefficient (Wildman–Crippen LogP) is 5.23. The molecule has 0 atom stereocenters. The van der Waals surface area contributed by atoms with Crippen molar-refractivity contribution in [2.45, 2.75) is 34.1 Å². The zero-order valence-corrected chi connectivity index (χ0v) is 12.4. The lowest BCUT2D eigenvalue weighted by Gasteiger charge is -2.06. The highest BCUT2D eigenvalue weighted by atomic mass is 14.8. The Balaban J connectivity index is 3.23. The SMILES string of the molecule is C=C/C(CC)=C(\C=C/C)N=C(C)c1cccc(C)c1. The van der Waals surface area contributed by atoms with Crippen LogP contribution in [0.1, 0.15) is 38.3 Å². The second-order valence-corrected chi connectivity index (χ2v) is 4.53. The molecule has 0 N–H and O–H groups in total. The maximum atomic E-state index is 4.76. The van der Waals surface area contributed by atoms with Gasteiger partial charge in [0.05, 0.1) is 5.70 Å². The van der Waals surface area contributed by atoms with Gasteiger partial charge < -0.3 is 0 Å². The molecule has 0 saturated carbocycles. The van der Waals surface area contributed by atoms with Crippen LogP contribution in [0, 0.1) is 6.92 Å². The van der Waals surface area contributed by atoms with Gasteiger partial charge in [0.1, 0.15) is 0 Å². The highest BCUT2D eigenvalue weighted by Gasteiger charge is 2.01. The second-order valence-electron chi connectivity index (χ2n) is 4.53. The fraction of sp³-hybridized carbons (Fsp3) is 0.278. The molecule has 0 amide bonds. The summed E-state index contributed by atoms with van der Waals surface area (Å²) >= 11 is 0. The van der Waals surface area contributed by atoms with Crippen molar-refractivity contribution in [3.63, 3.8) is 0 Å². The van der Waals surface area contributed by atoms with Crippen molar-refractivity contribution in [1.29, 1.82) is 0 Å². The van der Waals surface area contributed by atoms with E-state index >= 15 is 0 Å². The van der Waals surface area contributed by atoms with Crippen LogP contribution in [0.4, 0.5) is 0 Å². The number of benzene rings is 1. The van der Waals surface area contributed by atoms with Gasteiger partial charge >= 0.3 is 0 Å². The summed E-state index contributed by atoms with van der Waals surface area (Å²) in [4.78, 5) is 4.76. The Labute approximate surface area is 117 Å². The first-order chi connectivity index (χ1) is 9.12. The van der Waals surface area contributed by atoms with E-state index in [0.717, 1.165) is 17.8 Å². The molecule has 0 unspecified atom stereocenters. The summed E-state index contributed by atoms with van der Waals surface area (Å²) in [5.41, 5.74) is 5.62. The fourth-order valence-electron chi connectivity index (χ4n) is 1.92. The van der Waals surface area contributed by atoms with Crippen molar-refractivity contribution >= 4 is 5.71 Å². The molecule has 1 heteroatoms. The molecule has 0 aliphatic heterocycles. The molecule has 1 rings (SSSR count). The van der Waals surface area contributed by atoms with Crippen LogP contribution < -0.4 is 0 Å². The molecular weight excluding hydrogens is 230 g/mol. The first-order valence-electron chi connectivity index (χ1n) is 6.73. The van der Waals surface area contributed by atoms with Gasteiger partial charge in [-0.25, -0.2) is 0 Å². The molecule has 0 aliphatic carbocycles. The maximum Gasteiger partial charge on any atom is 0.0661 e. The number of aryl methyl sites for hydroxylation is 1. The molecule has 0 heterocycles. The van der Waals surface area contributed by atoms with E-state index in [1.807, 2.05) is 25.2 Å².